The van der Waals surface area contributed by atoms with E-state index in [0.717, 1.165) is 12.0 Å². The van der Waals surface area contributed by atoms with Crippen LogP contribution in [0.2, 0.25) is 0 Å². The van der Waals surface area contributed by atoms with Gasteiger partial charge in [0.15, 0.2) is 0 Å². The van der Waals surface area contributed by atoms with E-state index in [1.54, 1.807) is 0 Å². The van der Waals surface area contributed by atoms with Crippen molar-refractivity contribution in [3.05, 3.63) is 0 Å². The van der Waals surface area contributed by atoms with Crippen LogP contribution in [0.25, 0.3) is 0 Å². The van der Waals surface area contributed by atoms with Gasteiger partial charge in [-0.25, -0.2) is 0 Å². The van der Waals surface area contributed by atoms with Crippen molar-refractivity contribution in [2.24, 2.45) is 11.3 Å². The standard InChI is InChI=1S/C12H25N/c1-5-6-13-11-7-10(2)8-12(3,4)9-11/h10-11,13H,5-9H2,1-4H3. The molecule has 13 heavy (non-hydrogen) atoms. The lowest BCUT2D eigenvalue weighted by Gasteiger charge is -2.39. The summed E-state index contributed by atoms with van der Waals surface area (Å²) in [6, 6.07) is 0.777. The summed E-state index contributed by atoms with van der Waals surface area (Å²) in [4.78, 5) is 0. The molecule has 0 aromatic heterocycles. The minimum atomic E-state index is 0.559. The summed E-state index contributed by atoms with van der Waals surface area (Å²) in [5.74, 6) is 0.901. The maximum atomic E-state index is 3.66. The molecule has 0 heterocycles. The van der Waals surface area contributed by atoms with Gasteiger partial charge in [0.25, 0.3) is 0 Å². The number of hydrogen-bond donors (Lipinski definition) is 1. The zero-order chi connectivity index (χ0) is 9.90. The van der Waals surface area contributed by atoms with Crippen molar-refractivity contribution in [2.75, 3.05) is 6.54 Å². The Balaban J connectivity index is 2.38. The van der Waals surface area contributed by atoms with Crippen LogP contribution in [0.1, 0.15) is 53.4 Å². The van der Waals surface area contributed by atoms with Crippen molar-refractivity contribution >= 4 is 0 Å². The average molecular weight is 183 g/mol. The van der Waals surface area contributed by atoms with Gasteiger partial charge in [0.1, 0.15) is 0 Å². The summed E-state index contributed by atoms with van der Waals surface area (Å²) in [6.45, 7) is 10.6. The van der Waals surface area contributed by atoms with E-state index in [2.05, 4.69) is 33.0 Å². The van der Waals surface area contributed by atoms with Gasteiger partial charge in [-0.3, -0.25) is 0 Å². The lowest BCUT2D eigenvalue weighted by atomic mass is 9.70. The molecule has 0 saturated heterocycles. The van der Waals surface area contributed by atoms with Crippen LogP contribution < -0.4 is 5.32 Å². The maximum Gasteiger partial charge on any atom is 0.00746 e. The Bertz CT molecular complexity index is 151. The van der Waals surface area contributed by atoms with Gasteiger partial charge in [0.05, 0.1) is 0 Å². The first-order valence-corrected chi connectivity index (χ1v) is 5.77. The van der Waals surface area contributed by atoms with E-state index < -0.39 is 0 Å². The van der Waals surface area contributed by atoms with Crippen molar-refractivity contribution in [1.82, 2.24) is 5.32 Å². The van der Waals surface area contributed by atoms with Gasteiger partial charge in [-0.15, -0.1) is 0 Å². The molecule has 1 N–H and O–H groups in total. The smallest absolute Gasteiger partial charge is 0.00746 e. The van der Waals surface area contributed by atoms with E-state index in [-0.39, 0.29) is 0 Å². The zero-order valence-corrected chi connectivity index (χ0v) is 9.69. The summed E-state index contributed by atoms with van der Waals surface area (Å²) in [5.41, 5.74) is 0.559. The molecule has 1 aliphatic rings. The molecule has 1 fully saturated rings. The Hall–Kier alpha value is -0.0400. The highest BCUT2D eigenvalue weighted by Crippen LogP contribution is 2.38. The highest BCUT2D eigenvalue weighted by atomic mass is 14.9. The van der Waals surface area contributed by atoms with Gasteiger partial charge in [-0.2, -0.15) is 0 Å². The fourth-order valence-electron chi connectivity index (χ4n) is 2.85. The Kier molecular flexibility index (Phi) is 3.78. The van der Waals surface area contributed by atoms with Crippen LogP contribution in [0.15, 0.2) is 0 Å². The fraction of sp³-hybridized carbons (Fsp3) is 1.00. The molecule has 0 spiro atoms. The molecule has 0 bridgehead atoms. The van der Waals surface area contributed by atoms with E-state index >= 15 is 0 Å². The quantitative estimate of drug-likeness (QED) is 0.708. The Morgan fingerprint density at radius 3 is 2.54 bits per heavy atom. The lowest BCUT2D eigenvalue weighted by Crippen LogP contribution is -2.40. The largest absolute Gasteiger partial charge is 0.314 e. The second kappa shape index (κ2) is 4.45. The molecule has 0 radical (unpaired) electrons. The van der Waals surface area contributed by atoms with Crippen LogP contribution in [0, 0.1) is 11.3 Å². The van der Waals surface area contributed by atoms with Crippen molar-refractivity contribution < 1.29 is 0 Å². The summed E-state index contributed by atoms with van der Waals surface area (Å²) in [5, 5.41) is 3.66. The number of hydrogen-bond acceptors (Lipinski definition) is 1. The molecular formula is C12H25N. The van der Waals surface area contributed by atoms with Crippen LogP contribution in [0.3, 0.4) is 0 Å². The summed E-state index contributed by atoms with van der Waals surface area (Å²) in [7, 11) is 0. The van der Waals surface area contributed by atoms with E-state index in [1.807, 2.05) is 0 Å². The molecule has 0 aliphatic heterocycles. The molecule has 0 amide bonds. The first kappa shape index (κ1) is 11.0. The molecule has 2 atom stereocenters. The van der Waals surface area contributed by atoms with E-state index in [1.165, 1.54) is 32.2 Å². The molecule has 1 saturated carbocycles. The van der Waals surface area contributed by atoms with Gasteiger partial charge in [0, 0.05) is 6.04 Å². The normalized spacial score (nSPS) is 33.2. The minimum absolute atomic E-state index is 0.559. The number of rotatable bonds is 3. The highest BCUT2D eigenvalue weighted by molar-refractivity contribution is 4.86. The topological polar surface area (TPSA) is 12.0 Å². The Morgan fingerprint density at radius 1 is 1.31 bits per heavy atom. The third-order valence-corrected chi connectivity index (χ3v) is 3.07. The second-order valence-corrected chi connectivity index (χ2v) is 5.56. The third kappa shape index (κ3) is 3.68. The molecule has 0 aromatic carbocycles. The lowest BCUT2D eigenvalue weighted by molar-refractivity contribution is 0.152. The molecule has 1 heteroatoms. The van der Waals surface area contributed by atoms with Crippen LogP contribution in [0.4, 0.5) is 0 Å². The van der Waals surface area contributed by atoms with Crippen LogP contribution in [-0.4, -0.2) is 12.6 Å². The van der Waals surface area contributed by atoms with Crippen LogP contribution >= 0.6 is 0 Å². The minimum Gasteiger partial charge on any atom is -0.314 e. The van der Waals surface area contributed by atoms with E-state index in [0.29, 0.717) is 5.41 Å². The van der Waals surface area contributed by atoms with Gasteiger partial charge in [-0.1, -0.05) is 27.7 Å². The zero-order valence-electron chi connectivity index (χ0n) is 9.69. The van der Waals surface area contributed by atoms with Gasteiger partial charge >= 0.3 is 0 Å². The predicted molar refractivity (Wildman–Crippen MR) is 58.9 cm³/mol. The Labute approximate surface area is 83.3 Å². The number of nitrogens with one attached hydrogen (secondary N) is 1. The van der Waals surface area contributed by atoms with Gasteiger partial charge in [0.2, 0.25) is 0 Å². The molecule has 1 nitrogen and oxygen atoms in total. The summed E-state index contributed by atoms with van der Waals surface area (Å²) in [6.07, 6.45) is 5.39. The van der Waals surface area contributed by atoms with Crippen molar-refractivity contribution in [3.63, 3.8) is 0 Å². The van der Waals surface area contributed by atoms with Gasteiger partial charge in [-0.05, 0) is 43.6 Å². The first-order valence-electron chi connectivity index (χ1n) is 5.77. The molecular weight excluding hydrogens is 158 g/mol. The Morgan fingerprint density at radius 2 is 2.00 bits per heavy atom. The van der Waals surface area contributed by atoms with Crippen molar-refractivity contribution in [1.29, 1.82) is 0 Å². The molecule has 1 aliphatic carbocycles. The second-order valence-electron chi connectivity index (χ2n) is 5.56. The van der Waals surface area contributed by atoms with E-state index in [4.69, 9.17) is 0 Å². The monoisotopic (exact) mass is 183 g/mol. The van der Waals surface area contributed by atoms with Crippen LogP contribution in [-0.2, 0) is 0 Å². The maximum absolute atomic E-state index is 3.66. The van der Waals surface area contributed by atoms with Gasteiger partial charge < -0.3 is 5.32 Å². The predicted octanol–water partition coefficient (Wildman–Crippen LogP) is 3.20. The highest BCUT2D eigenvalue weighted by Gasteiger charge is 2.31. The van der Waals surface area contributed by atoms with E-state index in [9.17, 15) is 0 Å². The first-order chi connectivity index (χ1) is 6.03. The molecule has 2 unspecified atom stereocenters. The SMILES string of the molecule is CCCNC1CC(C)CC(C)(C)C1. The van der Waals surface area contributed by atoms with Crippen LogP contribution in [0.5, 0.6) is 0 Å². The molecule has 78 valence electrons. The molecule has 0 aromatic rings. The van der Waals surface area contributed by atoms with Crippen molar-refractivity contribution in [2.45, 2.75) is 59.4 Å². The third-order valence-electron chi connectivity index (χ3n) is 3.07. The summed E-state index contributed by atoms with van der Waals surface area (Å²) >= 11 is 0. The van der Waals surface area contributed by atoms with Crippen molar-refractivity contribution in [3.8, 4) is 0 Å². The fourth-order valence-corrected chi connectivity index (χ4v) is 2.85. The molecule has 1 rings (SSSR count). The average Bonchev–Trinajstić information content (AvgIpc) is 1.97. The summed E-state index contributed by atoms with van der Waals surface area (Å²) < 4.78 is 0.